The maximum atomic E-state index is 12.5. The van der Waals surface area contributed by atoms with Gasteiger partial charge in [-0.3, -0.25) is 0 Å². The van der Waals surface area contributed by atoms with Gasteiger partial charge in [0, 0.05) is 6.54 Å². The van der Waals surface area contributed by atoms with Gasteiger partial charge < -0.3 is 10.1 Å². The van der Waals surface area contributed by atoms with Crippen molar-refractivity contribution in [3.63, 3.8) is 0 Å². The number of rotatable bonds is 4. The van der Waals surface area contributed by atoms with E-state index < -0.39 is 11.7 Å². The van der Waals surface area contributed by atoms with Crippen LogP contribution in [0.2, 0.25) is 0 Å². The average Bonchev–Trinajstić information content (AvgIpc) is 2.75. The van der Waals surface area contributed by atoms with E-state index in [-0.39, 0.29) is 25.0 Å². The maximum Gasteiger partial charge on any atom is 0.406 e. The summed E-state index contributed by atoms with van der Waals surface area (Å²) in [4.78, 5) is 0. The third-order valence-electron chi connectivity index (χ3n) is 2.39. The average molecular weight is 225 g/mol. The van der Waals surface area contributed by atoms with E-state index >= 15 is 0 Å². The van der Waals surface area contributed by atoms with Gasteiger partial charge in [-0.15, -0.1) is 0 Å². The summed E-state index contributed by atoms with van der Waals surface area (Å²) in [6.07, 6.45) is -3.76. The lowest BCUT2D eigenvalue weighted by atomic mass is 10.2. The van der Waals surface area contributed by atoms with Gasteiger partial charge in [0.15, 0.2) is 0 Å². The van der Waals surface area contributed by atoms with Crippen LogP contribution in [0.4, 0.5) is 13.2 Å². The van der Waals surface area contributed by atoms with Crippen molar-refractivity contribution in [1.29, 1.82) is 0 Å². The van der Waals surface area contributed by atoms with Gasteiger partial charge in [-0.05, 0) is 33.6 Å². The fourth-order valence-corrected chi connectivity index (χ4v) is 1.33. The summed E-state index contributed by atoms with van der Waals surface area (Å²) in [7, 11) is 0. The molecule has 1 saturated carbocycles. The molecular weight excluding hydrogens is 207 g/mol. The quantitative estimate of drug-likeness (QED) is 0.742. The van der Waals surface area contributed by atoms with E-state index in [9.17, 15) is 13.2 Å². The number of hydrogen-bond acceptors (Lipinski definition) is 2. The highest BCUT2D eigenvalue weighted by molar-refractivity contribution is 5.07. The minimum Gasteiger partial charge on any atom is -0.375 e. The Morgan fingerprint density at radius 3 is 2.07 bits per heavy atom. The van der Waals surface area contributed by atoms with Gasteiger partial charge in [-0.25, -0.2) is 0 Å². The van der Waals surface area contributed by atoms with Gasteiger partial charge >= 0.3 is 6.18 Å². The summed E-state index contributed by atoms with van der Waals surface area (Å²) in [6.45, 7) is 6.19. The molecule has 1 N–H and O–H groups in total. The third kappa shape index (κ3) is 3.65. The number of alkyl halides is 3. The van der Waals surface area contributed by atoms with Crippen molar-refractivity contribution in [1.82, 2.24) is 5.32 Å². The first-order chi connectivity index (χ1) is 6.66. The molecule has 0 unspecified atom stereocenters. The first-order valence-electron chi connectivity index (χ1n) is 5.12. The molecule has 0 aromatic heterocycles. The number of hydrogen-bond donors (Lipinski definition) is 1. The highest BCUT2D eigenvalue weighted by Gasteiger charge is 2.62. The molecule has 15 heavy (non-hydrogen) atoms. The summed E-state index contributed by atoms with van der Waals surface area (Å²) in [5, 5.41) is 2.53. The molecule has 0 aliphatic heterocycles. The topological polar surface area (TPSA) is 21.3 Å². The molecule has 1 fully saturated rings. The van der Waals surface area contributed by atoms with Crippen LogP contribution >= 0.6 is 0 Å². The Morgan fingerprint density at radius 1 is 1.20 bits per heavy atom. The lowest BCUT2D eigenvalue weighted by Gasteiger charge is -2.23. The monoisotopic (exact) mass is 225 g/mol. The summed E-state index contributed by atoms with van der Waals surface area (Å²) < 4.78 is 42.7. The number of halogens is 3. The van der Waals surface area contributed by atoms with E-state index in [2.05, 4.69) is 5.32 Å². The van der Waals surface area contributed by atoms with E-state index in [0.717, 1.165) is 0 Å². The molecular formula is C10H18F3NO. The van der Waals surface area contributed by atoms with Gasteiger partial charge in [0.05, 0.1) is 12.2 Å². The second-order valence-electron chi connectivity index (χ2n) is 4.97. The van der Waals surface area contributed by atoms with Gasteiger partial charge in [-0.1, -0.05) is 0 Å². The Balaban J connectivity index is 2.22. The molecule has 0 saturated heterocycles. The molecule has 0 heterocycles. The van der Waals surface area contributed by atoms with Crippen LogP contribution in [0.1, 0.15) is 33.6 Å². The summed E-state index contributed by atoms with van der Waals surface area (Å²) >= 11 is 0. The first-order valence-corrected chi connectivity index (χ1v) is 5.12. The molecule has 5 heteroatoms. The van der Waals surface area contributed by atoms with E-state index in [1.54, 1.807) is 0 Å². The molecule has 0 aromatic carbocycles. The molecule has 2 nitrogen and oxygen atoms in total. The zero-order valence-electron chi connectivity index (χ0n) is 9.37. The van der Waals surface area contributed by atoms with Crippen molar-refractivity contribution in [3.05, 3.63) is 0 Å². The van der Waals surface area contributed by atoms with Gasteiger partial charge in [0.2, 0.25) is 0 Å². The Bertz CT molecular complexity index is 216. The van der Waals surface area contributed by atoms with Crippen LogP contribution in [0, 0.1) is 0 Å². The van der Waals surface area contributed by atoms with Crippen LogP contribution in [-0.4, -0.2) is 30.5 Å². The van der Waals surface area contributed by atoms with Crippen molar-refractivity contribution in [2.24, 2.45) is 0 Å². The van der Waals surface area contributed by atoms with E-state index in [1.165, 1.54) is 0 Å². The standard InChI is InChI=1S/C10H18F3NO/c1-8(2,3)15-7-6-14-9(4-5-9)10(11,12)13/h14H,4-7H2,1-3H3. The first kappa shape index (κ1) is 12.8. The van der Waals surface area contributed by atoms with Gasteiger partial charge in [0.25, 0.3) is 0 Å². The van der Waals surface area contributed by atoms with E-state index in [1.807, 2.05) is 20.8 Å². The molecule has 0 bridgehead atoms. The fourth-order valence-electron chi connectivity index (χ4n) is 1.33. The Kier molecular flexibility index (Phi) is 3.36. The van der Waals surface area contributed by atoms with Gasteiger partial charge in [-0.2, -0.15) is 13.2 Å². The lowest BCUT2D eigenvalue weighted by molar-refractivity contribution is -0.166. The fraction of sp³-hybridized carbons (Fsp3) is 1.00. The second-order valence-corrected chi connectivity index (χ2v) is 4.97. The molecule has 0 aromatic rings. The smallest absolute Gasteiger partial charge is 0.375 e. The molecule has 90 valence electrons. The van der Waals surface area contributed by atoms with Crippen LogP contribution in [-0.2, 0) is 4.74 Å². The van der Waals surface area contributed by atoms with Crippen LogP contribution in [0.5, 0.6) is 0 Å². The van der Waals surface area contributed by atoms with E-state index in [4.69, 9.17) is 4.74 Å². The SMILES string of the molecule is CC(C)(C)OCCNC1(C(F)(F)F)CC1. The summed E-state index contributed by atoms with van der Waals surface area (Å²) in [5.74, 6) is 0. The minimum atomic E-state index is -4.13. The van der Waals surface area contributed by atoms with Crippen molar-refractivity contribution in [2.75, 3.05) is 13.2 Å². The molecule has 0 atom stereocenters. The molecule has 1 aliphatic rings. The van der Waals surface area contributed by atoms with Crippen molar-refractivity contribution in [3.8, 4) is 0 Å². The normalized spacial score (nSPS) is 20.4. The van der Waals surface area contributed by atoms with Gasteiger partial charge in [0.1, 0.15) is 5.54 Å². The molecule has 0 spiro atoms. The summed E-state index contributed by atoms with van der Waals surface area (Å²) in [5.41, 5.74) is -1.91. The van der Waals surface area contributed by atoms with Crippen molar-refractivity contribution in [2.45, 2.75) is 50.9 Å². The van der Waals surface area contributed by atoms with Crippen LogP contribution < -0.4 is 5.32 Å². The predicted octanol–water partition coefficient (Wildman–Crippen LogP) is 2.49. The maximum absolute atomic E-state index is 12.5. The molecule has 1 rings (SSSR count). The zero-order chi connectivity index (χ0) is 11.7. The largest absolute Gasteiger partial charge is 0.406 e. The summed E-state index contributed by atoms with van der Waals surface area (Å²) in [6, 6.07) is 0. The predicted molar refractivity (Wildman–Crippen MR) is 51.7 cm³/mol. The van der Waals surface area contributed by atoms with Crippen LogP contribution in [0.3, 0.4) is 0 Å². The molecule has 0 amide bonds. The van der Waals surface area contributed by atoms with Crippen molar-refractivity contribution >= 4 is 0 Å². The van der Waals surface area contributed by atoms with E-state index in [0.29, 0.717) is 6.61 Å². The lowest BCUT2D eigenvalue weighted by Crippen LogP contribution is -2.46. The Hall–Kier alpha value is -0.290. The second kappa shape index (κ2) is 3.94. The highest BCUT2D eigenvalue weighted by Crippen LogP contribution is 2.48. The van der Waals surface area contributed by atoms with Crippen molar-refractivity contribution < 1.29 is 17.9 Å². The Labute approximate surface area is 88.2 Å². The third-order valence-corrected chi connectivity index (χ3v) is 2.39. The number of nitrogens with one attached hydrogen (secondary N) is 1. The minimum absolute atomic E-state index is 0.187. The highest BCUT2D eigenvalue weighted by atomic mass is 19.4. The number of ether oxygens (including phenoxy) is 1. The zero-order valence-corrected chi connectivity index (χ0v) is 9.37. The Morgan fingerprint density at radius 2 is 1.73 bits per heavy atom. The molecule has 0 radical (unpaired) electrons. The molecule has 1 aliphatic carbocycles. The van der Waals surface area contributed by atoms with Crippen LogP contribution in [0.15, 0.2) is 0 Å². The van der Waals surface area contributed by atoms with Crippen LogP contribution in [0.25, 0.3) is 0 Å².